The zero-order chi connectivity index (χ0) is 12.5. The van der Waals surface area contributed by atoms with Crippen molar-refractivity contribution < 1.29 is 9.53 Å². The van der Waals surface area contributed by atoms with Crippen molar-refractivity contribution in [3.63, 3.8) is 0 Å². The number of nitrogens with one attached hydrogen (secondary N) is 1. The van der Waals surface area contributed by atoms with Gasteiger partial charge in [-0.25, -0.2) is 4.79 Å². The lowest BCUT2D eigenvalue weighted by Gasteiger charge is -2.19. The van der Waals surface area contributed by atoms with E-state index in [-0.39, 0.29) is 6.03 Å². The third kappa shape index (κ3) is 2.15. The van der Waals surface area contributed by atoms with Crippen molar-refractivity contribution in [1.29, 1.82) is 0 Å². The third-order valence-corrected chi connectivity index (χ3v) is 3.69. The van der Waals surface area contributed by atoms with Gasteiger partial charge in [0.25, 0.3) is 0 Å². The summed E-state index contributed by atoms with van der Waals surface area (Å²) < 4.78 is 5.50. The molecule has 4 nitrogen and oxygen atoms in total. The molecule has 1 saturated carbocycles. The Labute approximate surface area is 107 Å². The Morgan fingerprint density at radius 1 is 1.39 bits per heavy atom. The van der Waals surface area contributed by atoms with E-state index in [0.29, 0.717) is 6.61 Å². The summed E-state index contributed by atoms with van der Waals surface area (Å²) in [7, 11) is 0. The second-order valence-electron chi connectivity index (χ2n) is 5.02. The van der Waals surface area contributed by atoms with Crippen LogP contribution in [0.5, 0.6) is 5.75 Å². The van der Waals surface area contributed by atoms with Crippen LogP contribution in [0.4, 0.5) is 10.5 Å². The predicted molar refractivity (Wildman–Crippen MR) is 69.8 cm³/mol. The Morgan fingerprint density at radius 3 is 2.83 bits per heavy atom. The van der Waals surface area contributed by atoms with E-state index in [0.717, 1.165) is 36.4 Å². The second-order valence-corrected chi connectivity index (χ2v) is 5.02. The molecule has 2 unspecified atom stereocenters. The molecule has 0 aromatic heterocycles. The van der Waals surface area contributed by atoms with Gasteiger partial charge in [0.15, 0.2) is 0 Å². The number of ether oxygens (including phenoxy) is 1. The molecule has 2 aliphatic rings. The average molecular weight is 246 g/mol. The summed E-state index contributed by atoms with van der Waals surface area (Å²) in [6, 6.07) is 7.56. The molecule has 0 bridgehead atoms. The van der Waals surface area contributed by atoms with E-state index in [1.165, 1.54) is 6.42 Å². The van der Waals surface area contributed by atoms with Crippen LogP contribution in [0, 0.1) is 11.8 Å². The van der Waals surface area contributed by atoms with E-state index in [2.05, 4.69) is 5.32 Å². The lowest BCUT2D eigenvalue weighted by Crippen LogP contribution is -2.34. The molecule has 0 radical (unpaired) electrons. The number of hydrogen-bond donors (Lipinski definition) is 1. The molecule has 1 aromatic rings. The molecular weight excluding hydrogens is 228 g/mol. The minimum absolute atomic E-state index is 0.00523. The van der Waals surface area contributed by atoms with Crippen LogP contribution in [-0.4, -0.2) is 30.6 Å². The molecule has 96 valence electrons. The lowest BCUT2D eigenvalue weighted by atomic mass is 10.3. The van der Waals surface area contributed by atoms with Gasteiger partial charge in [-0.15, -0.1) is 0 Å². The zero-order valence-electron chi connectivity index (χ0n) is 10.6. The molecule has 1 saturated heterocycles. The molecule has 1 heterocycles. The molecule has 0 spiro atoms. The van der Waals surface area contributed by atoms with Crippen molar-refractivity contribution in [2.75, 3.05) is 25.0 Å². The van der Waals surface area contributed by atoms with Crippen molar-refractivity contribution in [1.82, 2.24) is 4.90 Å². The summed E-state index contributed by atoms with van der Waals surface area (Å²) >= 11 is 0. The molecule has 2 atom stereocenters. The first kappa shape index (κ1) is 11.4. The Balaban J connectivity index is 1.66. The number of carbonyl (C=O) groups excluding carboxylic acids is 1. The number of fused-ring (bicyclic) bond motifs is 1. The fourth-order valence-corrected chi connectivity index (χ4v) is 2.61. The van der Waals surface area contributed by atoms with Crippen LogP contribution >= 0.6 is 0 Å². The van der Waals surface area contributed by atoms with E-state index in [9.17, 15) is 4.79 Å². The number of amides is 2. The van der Waals surface area contributed by atoms with Gasteiger partial charge in [0.05, 0.1) is 12.3 Å². The van der Waals surface area contributed by atoms with Crippen LogP contribution in [0.3, 0.4) is 0 Å². The van der Waals surface area contributed by atoms with Gasteiger partial charge in [0.1, 0.15) is 5.75 Å². The lowest BCUT2D eigenvalue weighted by molar-refractivity contribution is 0.217. The van der Waals surface area contributed by atoms with E-state index >= 15 is 0 Å². The number of piperidine rings is 1. The number of anilines is 1. The topological polar surface area (TPSA) is 41.6 Å². The van der Waals surface area contributed by atoms with Crippen LogP contribution < -0.4 is 10.1 Å². The van der Waals surface area contributed by atoms with Crippen LogP contribution in [0.1, 0.15) is 13.3 Å². The average Bonchev–Trinajstić information content (AvgIpc) is 2.99. The number of nitrogens with zero attached hydrogens (tertiary/aromatic N) is 1. The quantitative estimate of drug-likeness (QED) is 0.890. The van der Waals surface area contributed by atoms with Gasteiger partial charge in [-0.3, -0.25) is 0 Å². The maximum atomic E-state index is 12.1. The molecule has 2 fully saturated rings. The molecule has 2 amide bonds. The standard InChI is InChI=1S/C14H18N2O2/c1-2-18-13-6-4-3-5-12(13)15-14(17)16-8-10-7-11(10)9-16/h3-6,10-11H,2,7-9H2,1H3,(H,15,17). The van der Waals surface area contributed by atoms with Crippen LogP contribution in [0.15, 0.2) is 24.3 Å². The Morgan fingerprint density at radius 2 is 2.11 bits per heavy atom. The molecular formula is C14H18N2O2. The summed E-state index contributed by atoms with van der Waals surface area (Å²) in [5, 5.41) is 2.94. The number of benzene rings is 1. The first-order valence-corrected chi connectivity index (χ1v) is 6.55. The number of hydrogen-bond acceptors (Lipinski definition) is 2. The fraction of sp³-hybridized carbons (Fsp3) is 0.500. The highest BCUT2D eigenvalue weighted by molar-refractivity contribution is 5.91. The van der Waals surface area contributed by atoms with Crippen molar-refractivity contribution in [2.24, 2.45) is 11.8 Å². The van der Waals surface area contributed by atoms with Crippen LogP contribution in [0.25, 0.3) is 0 Å². The van der Waals surface area contributed by atoms with E-state index in [1.54, 1.807) is 0 Å². The van der Waals surface area contributed by atoms with Gasteiger partial charge in [-0.2, -0.15) is 0 Å². The maximum Gasteiger partial charge on any atom is 0.321 e. The second kappa shape index (κ2) is 4.52. The van der Waals surface area contributed by atoms with E-state index in [4.69, 9.17) is 4.74 Å². The number of likely N-dealkylation sites (tertiary alicyclic amines) is 1. The molecule has 18 heavy (non-hydrogen) atoms. The van der Waals surface area contributed by atoms with Crippen LogP contribution in [-0.2, 0) is 0 Å². The number of para-hydroxylation sites is 2. The van der Waals surface area contributed by atoms with Crippen molar-refractivity contribution in [3.05, 3.63) is 24.3 Å². The van der Waals surface area contributed by atoms with Gasteiger partial charge in [-0.05, 0) is 37.3 Å². The summed E-state index contributed by atoms with van der Waals surface area (Å²) in [5.41, 5.74) is 0.755. The Hall–Kier alpha value is -1.71. The van der Waals surface area contributed by atoms with E-state index in [1.807, 2.05) is 36.1 Å². The summed E-state index contributed by atoms with van der Waals surface area (Å²) in [4.78, 5) is 14.0. The largest absolute Gasteiger partial charge is 0.492 e. The zero-order valence-corrected chi connectivity index (χ0v) is 10.6. The van der Waals surface area contributed by atoms with Gasteiger partial charge < -0.3 is 15.0 Å². The van der Waals surface area contributed by atoms with Crippen molar-refractivity contribution in [3.8, 4) is 5.75 Å². The number of urea groups is 1. The molecule has 1 aromatic carbocycles. The third-order valence-electron chi connectivity index (χ3n) is 3.69. The molecule has 3 rings (SSSR count). The van der Waals surface area contributed by atoms with Gasteiger partial charge in [0.2, 0.25) is 0 Å². The number of carbonyl (C=O) groups is 1. The Kier molecular flexibility index (Phi) is 2.86. The highest BCUT2D eigenvalue weighted by atomic mass is 16.5. The minimum atomic E-state index is -0.00523. The summed E-state index contributed by atoms with van der Waals surface area (Å²) in [5.74, 6) is 2.26. The maximum absolute atomic E-state index is 12.1. The van der Waals surface area contributed by atoms with Gasteiger partial charge >= 0.3 is 6.03 Å². The normalized spacial score (nSPS) is 24.6. The predicted octanol–water partition coefficient (Wildman–Crippen LogP) is 2.57. The Bertz CT molecular complexity index is 451. The SMILES string of the molecule is CCOc1ccccc1NC(=O)N1CC2CC2C1. The summed E-state index contributed by atoms with van der Waals surface area (Å²) in [6.07, 6.45) is 1.30. The smallest absolute Gasteiger partial charge is 0.321 e. The fourth-order valence-electron chi connectivity index (χ4n) is 2.61. The van der Waals surface area contributed by atoms with Crippen molar-refractivity contribution >= 4 is 11.7 Å². The first-order valence-electron chi connectivity index (χ1n) is 6.55. The molecule has 4 heteroatoms. The molecule has 1 N–H and O–H groups in total. The van der Waals surface area contributed by atoms with E-state index < -0.39 is 0 Å². The first-order chi connectivity index (χ1) is 8.78. The van der Waals surface area contributed by atoms with Crippen LogP contribution in [0.2, 0.25) is 0 Å². The number of rotatable bonds is 3. The monoisotopic (exact) mass is 246 g/mol. The molecule has 1 aliphatic heterocycles. The molecule has 1 aliphatic carbocycles. The minimum Gasteiger partial charge on any atom is -0.492 e. The van der Waals surface area contributed by atoms with Gasteiger partial charge in [0, 0.05) is 13.1 Å². The highest BCUT2D eigenvalue weighted by Gasteiger charge is 2.46. The summed E-state index contributed by atoms with van der Waals surface area (Å²) in [6.45, 7) is 4.36. The highest BCUT2D eigenvalue weighted by Crippen LogP contribution is 2.45. The van der Waals surface area contributed by atoms with Crippen molar-refractivity contribution in [2.45, 2.75) is 13.3 Å². The van der Waals surface area contributed by atoms with Gasteiger partial charge in [-0.1, -0.05) is 12.1 Å².